The number of para-hydroxylation sites is 1. The molecule has 1 aliphatic heterocycles. The zero-order valence-corrected chi connectivity index (χ0v) is 7.77. The van der Waals surface area contributed by atoms with Crippen molar-refractivity contribution in [3.63, 3.8) is 0 Å². The van der Waals surface area contributed by atoms with E-state index < -0.39 is 0 Å². The highest BCUT2D eigenvalue weighted by Gasteiger charge is 2.16. The van der Waals surface area contributed by atoms with Crippen molar-refractivity contribution in [2.24, 2.45) is 0 Å². The van der Waals surface area contributed by atoms with Gasteiger partial charge in [0.15, 0.2) is 0 Å². The molecule has 0 fully saturated rings. The number of nitrogens with zero attached hydrogens (tertiary/aromatic N) is 2. The SMILES string of the molecule is c1ccc(-n2ncc3c2NCC3)cc1. The second kappa shape index (κ2) is 2.87. The maximum absolute atomic E-state index is 4.36. The van der Waals surface area contributed by atoms with Crippen LogP contribution in [-0.2, 0) is 6.42 Å². The molecule has 0 spiro atoms. The number of hydrogen-bond donors (Lipinski definition) is 1. The molecule has 1 N–H and O–H groups in total. The second-order valence-electron chi connectivity index (χ2n) is 3.44. The van der Waals surface area contributed by atoms with Crippen LogP contribution >= 0.6 is 0 Å². The molecule has 0 aliphatic carbocycles. The lowest BCUT2D eigenvalue weighted by atomic mass is 10.3. The monoisotopic (exact) mass is 185 g/mol. The first-order valence-corrected chi connectivity index (χ1v) is 4.81. The van der Waals surface area contributed by atoms with E-state index in [-0.39, 0.29) is 0 Å². The summed E-state index contributed by atoms with van der Waals surface area (Å²) in [5.74, 6) is 1.15. The Bertz CT molecular complexity index is 445. The fraction of sp³-hybridized carbons (Fsp3) is 0.182. The highest BCUT2D eigenvalue weighted by molar-refractivity contribution is 5.53. The van der Waals surface area contributed by atoms with E-state index in [1.807, 2.05) is 29.1 Å². The van der Waals surface area contributed by atoms with E-state index in [1.54, 1.807) is 0 Å². The van der Waals surface area contributed by atoms with E-state index in [0.29, 0.717) is 0 Å². The molecule has 0 saturated carbocycles. The van der Waals surface area contributed by atoms with Crippen LogP contribution < -0.4 is 5.32 Å². The van der Waals surface area contributed by atoms with E-state index in [1.165, 1.54) is 5.56 Å². The van der Waals surface area contributed by atoms with Crippen molar-refractivity contribution in [2.75, 3.05) is 11.9 Å². The summed E-state index contributed by atoms with van der Waals surface area (Å²) in [4.78, 5) is 0. The Morgan fingerprint density at radius 3 is 2.93 bits per heavy atom. The van der Waals surface area contributed by atoms with Gasteiger partial charge in [-0.3, -0.25) is 0 Å². The van der Waals surface area contributed by atoms with Crippen LogP contribution in [0.3, 0.4) is 0 Å². The lowest BCUT2D eigenvalue weighted by Gasteiger charge is -2.05. The molecule has 3 nitrogen and oxygen atoms in total. The van der Waals surface area contributed by atoms with Crippen molar-refractivity contribution in [1.82, 2.24) is 9.78 Å². The Morgan fingerprint density at radius 2 is 2.07 bits per heavy atom. The van der Waals surface area contributed by atoms with Crippen LogP contribution in [0.4, 0.5) is 5.82 Å². The number of hydrogen-bond acceptors (Lipinski definition) is 2. The summed E-state index contributed by atoms with van der Waals surface area (Å²) in [7, 11) is 0. The van der Waals surface area contributed by atoms with Crippen LogP contribution in [0.15, 0.2) is 36.5 Å². The lowest BCUT2D eigenvalue weighted by molar-refractivity contribution is 0.878. The average Bonchev–Trinajstić information content (AvgIpc) is 2.79. The first-order chi connectivity index (χ1) is 6.95. The quantitative estimate of drug-likeness (QED) is 0.734. The summed E-state index contributed by atoms with van der Waals surface area (Å²) in [6.45, 7) is 1.03. The third-order valence-electron chi connectivity index (χ3n) is 2.53. The van der Waals surface area contributed by atoms with Gasteiger partial charge in [-0.1, -0.05) is 18.2 Å². The first kappa shape index (κ1) is 7.62. The molecule has 70 valence electrons. The van der Waals surface area contributed by atoms with E-state index >= 15 is 0 Å². The smallest absolute Gasteiger partial charge is 0.133 e. The van der Waals surface area contributed by atoms with E-state index in [0.717, 1.165) is 24.5 Å². The molecule has 2 heterocycles. The minimum atomic E-state index is 1.03. The standard InChI is InChI=1S/C11H11N3/c1-2-4-10(5-3-1)14-11-9(8-13-14)6-7-12-11/h1-5,8,12H,6-7H2. The summed E-state index contributed by atoms with van der Waals surface area (Å²) in [6.07, 6.45) is 3.03. The molecular weight excluding hydrogens is 174 g/mol. The number of rotatable bonds is 1. The van der Waals surface area contributed by atoms with Crippen LogP contribution in [0.25, 0.3) is 5.69 Å². The predicted molar refractivity (Wildman–Crippen MR) is 55.8 cm³/mol. The molecular formula is C11H11N3. The third-order valence-corrected chi connectivity index (χ3v) is 2.53. The normalized spacial score (nSPS) is 13.7. The Labute approximate surface area is 82.4 Å². The zero-order chi connectivity index (χ0) is 9.38. The number of aromatic nitrogens is 2. The molecule has 0 amide bonds. The molecule has 0 saturated heterocycles. The van der Waals surface area contributed by atoms with Gasteiger partial charge in [0, 0.05) is 12.1 Å². The highest BCUT2D eigenvalue weighted by Crippen LogP contribution is 2.24. The molecule has 0 bridgehead atoms. The Balaban J connectivity index is 2.13. The van der Waals surface area contributed by atoms with Crippen molar-refractivity contribution >= 4 is 5.82 Å². The van der Waals surface area contributed by atoms with Gasteiger partial charge in [0.05, 0.1) is 11.9 Å². The average molecular weight is 185 g/mol. The molecule has 3 heteroatoms. The van der Waals surface area contributed by atoms with Crippen LogP contribution in [0, 0.1) is 0 Å². The first-order valence-electron chi connectivity index (χ1n) is 4.81. The topological polar surface area (TPSA) is 29.9 Å². The van der Waals surface area contributed by atoms with Gasteiger partial charge < -0.3 is 5.32 Å². The van der Waals surface area contributed by atoms with Crippen LogP contribution in [0.5, 0.6) is 0 Å². The van der Waals surface area contributed by atoms with Gasteiger partial charge in [0.2, 0.25) is 0 Å². The van der Waals surface area contributed by atoms with Gasteiger partial charge in [-0.05, 0) is 18.6 Å². The molecule has 0 radical (unpaired) electrons. The van der Waals surface area contributed by atoms with Gasteiger partial charge in [0.1, 0.15) is 5.82 Å². The summed E-state index contributed by atoms with van der Waals surface area (Å²) < 4.78 is 1.96. The van der Waals surface area contributed by atoms with E-state index in [9.17, 15) is 0 Å². The Morgan fingerprint density at radius 1 is 1.21 bits per heavy atom. The molecule has 2 aromatic rings. The van der Waals surface area contributed by atoms with Crippen molar-refractivity contribution in [2.45, 2.75) is 6.42 Å². The van der Waals surface area contributed by atoms with Crippen molar-refractivity contribution in [3.05, 3.63) is 42.1 Å². The maximum Gasteiger partial charge on any atom is 0.133 e. The summed E-state index contributed by atoms with van der Waals surface area (Å²) >= 11 is 0. The molecule has 0 unspecified atom stereocenters. The Hall–Kier alpha value is -1.77. The fourth-order valence-corrected chi connectivity index (χ4v) is 1.83. The van der Waals surface area contributed by atoms with Crippen molar-refractivity contribution < 1.29 is 0 Å². The summed E-state index contributed by atoms with van der Waals surface area (Å²) in [5, 5.41) is 7.71. The molecule has 0 atom stereocenters. The lowest BCUT2D eigenvalue weighted by Crippen LogP contribution is -2.03. The van der Waals surface area contributed by atoms with Gasteiger partial charge in [0.25, 0.3) is 0 Å². The predicted octanol–water partition coefficient (Wildman–Crippen LogP) is 1.84. The third kappa shape index (κ3) is 1.02. The van der Waals surface area contributed by atoms with Gasteiger partial charge in [-0.15, -0.1) is 0 Å². The van der Waals surface area contributed by atoms with Gasteiger partial charge in [-0.25, -0.2) is 4.68 Å². The van der Waals surface area contributed by atoms with E-state index in [4.69, 9.17) is 0 Å². The Kier molecular flexibility index (Phi) is 1.56. The number of fused-ring (bicyclic) bond motifs is 1. The number of nitrogens with one attached hydrogen (secondary N) is 1. The van der Waals surface area contributed by atoms with Crippen LogP contribution in [-0.4, -0.2) is 16.3 Å². The van der Waals surface area contributed by atoms with Crippen molar-refractivity contribution in [1.29, 1.82) is 0 Å². The van der Waals surface area contributed by atoms with Crippen LogP contribution in [0.2, 0.25) is 0 Å². The van der Waals surface area contributed by atoms with Gasteiger partial charge in [-0.2, -0.15) is 5.10 Å². The minimum Gasteiger partial charge on any atom is -0.369 e. The molecule has 3 rings (SSSR count). The maximum atomic E-state index is 4.36. The minimum absolute atomic E-state index is 1.03. The van der Waals surface area contributed by atoms with Crippen molar-refractivity contribution in [3.8, 4) is 5.69 Å². The highest BCUT2D eigenvalue weighted by atomic mass is 15.3. The largest absolute Gasteiger partial charge is 0.369 e. The van der Waals surface area contributed by atoms with E-state index in [2.05, 4.69) is 22.5 Å². The number of benzene rings is 1. The summed E-state index contributed by atoms with van der Waals surface area (Å²) in [5.41, 5.74) is 2.43. The van der Waals surface area contributed by atoms with Gasteiger partial charge >= 0.3 is 0 Å². The summed E-state index contributed by atoms with van der Waals surface area (Å²) in [6, 6.07) is 10.2. The number of anilines is 1. The molecule has 1 aliphatic rings. The second-order valence-corrected chi connectivity index (χ2v) is 3.44. The molecule has 1 aromatic carbocycles. The molecule has 14 heavy (non-hydrogen) atoms. The van der Waals surface area contributed by atoms with Crippen LogP contribution in [0.1, 0.15) is 5.56 Å². The zero-order valence-electron chi connectivity index (χ0n) is 7.77. The fourth-order valence-electron chi connectivity index (χ4n) is 1.83. The molecule has 1 aromatic heterocycles.